The van der Waals surface area contributed by atoms with Gasteiger partial charge in [-0.3, -0.25) is 9.59 Å². The molecule has 2 aromatic carbocycles. The molecule has 0 saturated carbocycles. The molecule has 0 bridgehead atoms. The van der Waals surface area contributed by atoms with E-state index >= 15 is 0 Å². The highest BCUT2D eigenvalue weighted by Crippen LogP contribution is 2.37. The molecule has 1 aliphatic rings. The lowest BCUT2D eigenvalue weighted by atomic mass is 10.2. The van der Waals surface area contributed by atoms with Crippen LogP contribution in [0.15, 0.2) is 47.5 Å². The Hall–Kier alpha value is -2.52. The number of para-hydroxylation sites is 1. The third kappa shape index (κ3) is 5.30. The van der Waals surface area contributed by atoms with Gasteiger partial charge in [0, 0.05) is 12.1 Å². The largest absolute Gasteiger partial charge is 0.417 e. The lowest BCUT2D eigenvalue weighted by molar-refractivity contribution is -0.137. The first-order valence-electron chi connectivity index (χ1n) is 8.42. The van der Waals surface area contributed by atoms with Gasteiger partial charge in [-0.15, -0.1) is 0 Å². The lowest BCUT2D eigenvalue weighted by Crippen LogP contribution is -2.28. The highest BCUT2D eigenvalue weighted by Gasteiger charge is 2.34. The molecule has 29 heavy (non-hydrogen) atoms. The molecule has 1 saturated heterocycles. The van der Waals surface area contributed by atoms with Gasteiger partial charge in [-0.05, 0) is 36.8 Å². The van der Waals surface area contributed by atoms with Crippen molar-refractivity contribution in [1.82, 2.24) is 5.32 Å². The first-order valence-corrected chi connectivity index (χ1v) is 9.67. The van der Waals surface area contributed by atoms with Gasteiger partial charge in [-0.2, -0.15) is 13.2 Å². The van der Waals surface area contributed by atoms with Crippen LogP contribution in [0, 0.1) is 6.92 Å². The monoisotopic (exact) mass is 441 g/mol. The lowest BCUT2D eigenvalue weighted by Gasteiger charge is -2.09. The van der Waals surface area contributed by atoms with Crippen LogP contribution < -0.4 is 10.6 Å². The molecule has 1 fully saturated rings. The first-order chi connectivity index (χ1) is 13.6. The number of amides is 2. The second kappa shape index (κ2) is 8.46. The molecule has 152 valence electrons. The van der Waals surface area contributed by atoms with Gasteiger partial charge in [0.15, 0.2) is 5.17 Å². The quantitative estimate of drug-likeness (QED) is 0.707. The van der Waals surface area contributed by atoms with Gasteiger partial charge in [0.05, 0.1) is 16.3 Å². The number of thioether (sulfide) groups is 1. The van der Waals surface area contributed by atoms with Crippen molar-refractivity contribution in [2.24, 2.45) is 4.99 Å². The molecule has 10 heteroatoms. The first kappa shape index (κ1) is 21.2. The number of nitrogens with zero attached hydrogens (tertiary/aromatic N) is 1. The molecular formula is C19H15ClF3N3O2S. The van der Waals surface area contributed by atoms with Crippen molar-refractivity contribution in [2.45, 2.75) is 24.8 Å². The number of anilines is 1. The van der Waals surface area contributed by atoms with Crippen LogP contribution in [0.4, 0.5) is 24.5 Å². The van der Waals surface area contributed by atoms with E-state index in [0.717, 1.165) is 29.5 Å². The molecule has 0 radical (unpaired) electrons. The van der Waals surface area contributed by atoms with Gasteiger partial charge in [-0.25, -0.2) is 4.99 Å². The van der Waals surface area contributed by atoms with Gasteiger partial charge in [0.2, 0.25) is 11.8 Å². The Morgan fingerprint density at radius 1 is 1.28 bits per heavy atom. The van der Waals surface area contributed by atoms with Gasteiger partial charge in [-0.1, -0.05) is 41.6 Å². The number of alkyl halides is 3. The number of carbonyl (C=O) groups excluding carboxylic acids is 2. The molecule has 0 aliphatic carbocycles. The highest BCUT2D eigenvalue weighted by molar-refractivity contribution is 8.15. The summed E-state index contributed by atoms with van der Waals surface area (Å²) in [5, 5.41) is 4.19. The van der Waals surface area contributed by atoms with E-state index in [1.807, 2.05) is 19.1 Å². The standard InChI is InChI=1S/C19H15ClF3N3O2S/c1-10-4-2-3-5-14(10)25-16(27)9-15-17(28)26-18(29-15)24-11-6-7-13(20)12(8-11)19(21,22)23/h2-8,15H,9H2,1H3,(H,25,27)(H,24,26,28)/t15-/m0/s1. The minimum Gasteiger partial charge on any atom is -0.326 e. The number of amidine groups is 1. The predicted octanol–water partition coefficient (Wildman–Crippen LogP) is 4.92. The molecule has 5 nitrogen and oxygen atoms in total. The van der Waals surface area contributed by atoms with Crippen LogP contribution in [0.3, 0.4) is 0 Å². The summed E-state index contributed by atoms with van der Waals surface area (Å²) in [6, 6.07) is 10.4. The van der Waals surface area contributed by atoms with Gasteiger partial charge in [0.25, 0.3) is 0 Å². The predicted molar refractivity (Wildman–Crippen MR) is 107 cm³/mol. The van der Waals surface area contributed by atoms with Crippen molar-refractivity contribution >= 4 is 51.7 Å². The van der Waals surface area contributed by atoms with Gasteiger partial charge < -0.3 is 10.6 Å². The molecule has 1 heterocycles. The fraction of sp³-hybridized carbons (Fsp3) is 0.211. The summed E-state index contributed by atoms with van der Waals surface area (Å²) >= 11 is 6.58. The van der Waals surface area contributed by atoms with Crippen molar-refractivity contribution < 1.29 is 22.8 Å². The van der Waals surface area contributed by atoms with Crippen LogP contribution in [0.1, 0.15) is 17.5 Å². The van der Waals surface area contributed by atoms with Crippen molar-refractivity contribution in [3.8, 4) is 0 Å². The fourth-order valence-electron chi connectivity index (χ4n) is 2.59. The zero-order valence-electron chi connectivity index (χ0n) is 15.0. The SMILES string of the molecule is Cc1ccccc1NC(=O)C[C@@H]1SC(=Nc2ccc(Cl)c(C(F)(F)F)c2)NC1=O. The number of benzene rings is 2. The van der Waals surface area contributed by atoms with Gasteiger partial charge in [0.1, 0.15) is 5.25 Å². The molecule has 0 aromatic heterocycles. The maximum absolute atomic E-state index is 13.0. The summed E-state index contributed by atoms with van der Waals surface area (Å²) in [6.45, 7) is 1.85. The summed E-state index contributed by atoms with van der Waals surface area (Å²) in [7, 11) is 0. The minimum atomic E-state index is -4.62. The van der Waals surface area contributed by atoms with Crippen molar-refractivity contribution in [2.75, 3.05) is 5.32 Å². The van der Waals surface area contributed by atoms with Crippen LogP contribution in [0.25, 0.3) is 0 Å². The van der Waals surface area contributed by atoms with Crippen LogP contribution >= 0.6 is 23.4 Å². The third-order valence-electron chi connectivity index (χ3n) is 4.05. The average molecular weight is 442 g/mol. The van der Waals surface area contributed by atoms with E-state index in [1.54, 1.807) is 12.1 Å². The number of carbonyl (C=O) groups is 2. The molecule has 0 unspecified atom stereocenters. The van der Waals surface area contributed by atoms with Crippen LogP contribution in [-0.4, -0.2) is 22.2 Å². The van der Waals surface area contributed by atoms with Gasteiger partial charge >= 0.3 is 6.18 Å². The Morgan fingerprint density at radius 2 is 2.00 bits per heavy atom. The van der Waals surface area contributed by atoms with E-state index in [4.69, 9.17) is 11.6 Å². The molecule has 1 aliphatic heterocycles. The molecule has 3 rings (SSSR count). The Bertz CT molecular complexity index is 995. The topological polar surface area (TPSA) is 70.6 Å². The second-order valence-corrected chi connectivity index (χ2v) is 7.84. The van der Waals surface area contributed by atoms with Crippen LogP contribution in [0.5, 0.6) is 0 Å². The smallest absolute Gasteiger partial charge is 0.326 e. The Kier molecular flexibility index (Phi) is 6.18. The number of rotatable bonds is 4. The molecular weight excluding hydrogens is 427 g/mol. The van der Waals surface area contributed by atoms with Crippen molar-refractivity contribution in [3.63, 3.8) is 0 Å². The van der Waals surface area contributed by atoms with E-state index in [9.17, 15) is 22.8 Å². The number of aryl methyl sites for hydroxylation is 1. The normalized spacial score (nSPS) is 18.0. The van der Waals surface area contributed by atoms with Crippen LogP contribution in [0.2, 0.25) is 5.02 Å². The van der Waals surface area contributed by atoms with E-state index in [2.05, 4.69) is 15.6 Å². The van der Waals surface area contributed by atoms with Crippen LogP contribution in [-0.2, 0) is 15.8 Å². The second-order valence-electron chi connectivity index (χ2n) is 6.24. The van der Waals surface area contributed by atoms with E-state index in [1.165, 1.54) is 6.07 Å². The minimum absolute atomic E-state index is 0.00506. The van der Waals surface area contributed by atoms with Crippen molar-refractivity contribution in [1.29, 1.82) is 0 Å². The molecule has 2 N–H and O–H groups in total. The summed E-state index contributed by atoms with van der Waals surface area (Å²) in [5.74, 6) is -0.780. The third-order valence-corrected chi connectivity index (χ3v) is 5.46. The zero-order valence-corrected chi connectivity index (χ0v) is 16.6. The number of hydrogen-bond acceptors (Lipinski definition) is 4. The van der Waals surface area contributed by atoms with E-state index in [-0.39, 0.29) is 23.2 Å². The number of hydrogen-bond donors (Lipinski definition) is 2. The Labute approximate surface area is 173 Å². The maximum atomic E-state index is 13.0. The summed E-state index contributed by atoms with van der Waals surface area (Å²) in [6.07, 6.45) is -4.71. The molecule has 1 atom stereocenters. The fourth-order valence-corrected chi connectivity index (χ4v) is 3.80. The van der Waals surface area contributed by atoms with E-state index in [0.29, 0.717) is 5.69 Å². The summed E-state index contributed by atoms with van der Waals surface area (Å²) in [5.41, 5.74) is 0.518. The number of aliphatic imine (C=N–C) groups is 1. The van der Waals surface area contributed by atoms with E-state index < -0.39 is 27.9 Å². The zero-order chi connectivity index (χ0) is 21.2. The Balaban J connectivity index is 1.69. The summed E-state index contributed by atoms with van der Waals surface area (Å²) in [4.78, 5) is 28.4. The average Bonchev–Trinajstić information content (AvgIpc) is 2.96. The molecule has 2 aromatic rings. The number of halogens is 4. The maximum Gasteiger partial charge on any atom is 0.417 e. The molecule has 0 spiro atoms. The highest BCUT2D eigenvalue weighted by atomic mass is 35.5. The van der Waals surface area contributed by atoms with Crippen molar-refractivity contribution in [3.05, 3.63) is 58.6 Å². The molecule has 2 amide bonds. The Morgan fingerprint density at radius 3 is 2.69 bits per heavy atom. The number of nitrogens with one attached hydrogen (secondary N) is 2. The summed E-state index contributed by atoms with van der Waals surface area (Å²) < 4.78 is 38.9.